The van der Waals surface area contributed by atoms with Gasteiger partial charge < -0.3 is 9.47 Å². The van der Waals surface area contributed by atoms with Crippen molar-refractivity contribution in [2.45, 2.75) is 83.2 Å². The summed E-state index contributed by atoms with van der Waals surface area (Å²) in [4.78, 5) is 21.3. The fourth-order valence-electron chi connectivity index (χ4n) is 4.86. The van der Waals surface area contributed by atoms with E-state index in [1.807, 2.05) is 30.0 Å². The average Bonchev–Trinajstić information content (AvgIpc) is 3.11. The van der Waals surface area contributed by atoms with E-state index in [1.54, 1.807) is 7.11 Å². The van der Waals surface area contributed by atoms with Crippen LogP contribution in [0.3, 0.4) is 0 Å². The van der Waals surface area contributed by atoms with E-state index in [0.29, 0.717) is 34.1 Å². The van der Waals surface area contributed by atoms with Crippen LogP contribution in [0.2, 0.25) is 5.02 Å². The fourth-order valence-corrected chi connectivity index (χ4v) is 6.25. The average molecular weight is 477 g/mol. The summed E-state index contributed by atoms with van der Waals surface area (Å²) in [6, 6.07) is 4.30. The van der Waals surface area contributed by atoms with E-state index in [0.717, 1.165) is 36.4 Å². The van der Waals surface area contributed by atoms with Crippen LogP contribution in [0.1, 0.15) is 76.7 Å². The lowest BCUT2D eigenvalue weighted by Crippen LogP contribution is -2.41. The van der Waals surface area contributed by atoms with Crippen molar-refractivity contribution in [2.24, 2.45) is 4.99 Å². The molecule has 0 atom stereocenters. The van der Waals surface area contributed by atoms with E-state index in [1.165, 1.54) is 50.3 Å². The molecule has 3 aliphatic rings. The number of carbonyl (C=O) groups is 1. The number of amides is 1. The number of rotatable bonds is 6. The number of hydrogen-bond donors (Lipinski definition) is 0. The lowest BCUT2D eigenvalue weighted by molar-refractivity contribution is -0.124. The summed E-state index contributed by atoms with van der Waals surface area (Å²) < 4.78 is 11.1. The zero-order valence-corrected chi connectivity index (χ0v) is 20.6. The lowest BCUT2D eigenvalue weighted by atomic mass is 9.94. The van der Waals surface area contributed by atoms with Crippen LogP contribution in [0.4, 0.5) is 0 Å². The molecule has 1 heterocycles. The van der Waals surface area contributed by atoms with Gasteiger partial charge in [0.25, 0.3) is 5.91 Å². The number of benzene rings is 1. The first-order valence-corrected chi connectivity index (χ1v) is 13.1. The van der Waals surface area contributed by atoms with Gasteiger partial charge in [-0.2, -0.15) is 0 Å². The van der Waals surface area contributed by atoms with Gasteiger partial charge in [-0.05, 0) is 68.1 Å². The molecule has 0 bridgehead atoms. The summed E-state index contributed by atoms with van der Waals surface area (Å²) in [5.41, 5.74) is 0.827. The quantitative estimate of drug-likeness (QED) is 0.429. The lowest BCUT2D eigenvalue weighted by Gasteiger charge is -2.31. The zero-order chi connectivity index (χ0) is 22.5. The molecule has 0 N–H and O–H groups in total. The monoisotopic (exact) mass is 476 g/mol. The highest BCUT2D eigenvalue weighted by molar-refractivity contribution is 8.18. The first kappa shape index (κ1) is 23.5. The molecule has 4 rings (SSSR count). The van der Waals surface area contributed by atoms with Crippen LogP contribution >= 0.6 is 23.4 Å². The van der Waals surface area contributed by atoms with Crippen LogP contribution in [0.5, 0.6) is 11.5 Å². The van der Waals surface area contributed by atoms with Gasteiger partial charge in [0, 0.05) is 6.04 Å². The first-order valence-electron chi connectivity index (χ1n) is 11.9. The maximum atomic E-state index is 13.5. The van der Waals surface area contributed by atoms with Gasteiger partial charge in [-0.1, -0.05) is 50.1 Å². The molecular formula is C25H33ClN2O3S. The molecule has 1 aromatic carbocycles. The van der Waals surface area contributed by atoms with E-state index in [2.05, 4.69) is 0 Å². The van der Waals surface area contributed by atoms with E-state index in [9.17, 15) is 4.79 Å². The molecule has 32 heavy (non-hydrogen) atoms. The Morgan fingerprint density at radius 2 is 1.81 bits per heavy atom. The summed E-state index contributed by atoms with van der Waals surface area (Å²) in [6.07, 6.45) is 13.7. The first-order chi connectivity index (χ1) is 15.6. The number of ether oxygens (including phenoxy) is 2. The van der Waals surface area contributed by atoms with Crippen molar-refractivity contribution < 1.29 is 14.3 Å². The van der Waals surface area contributed by atoms with Gasteiger partial charge >= 0.3 is 0 Å². The second-order valence-corrected chi connectivity index (χ2v) is 10.2. The Labute approximate surface area is 200 Å². The minimum Gasteiger partial charge on any atom is -0.493 e. The van der Waals surface area contributed by atoms with Crippen molar-refractivity contribution in [1.82, 2.24) is 4.90 Å². The number of methoxy groups -OCH3 is 1. The summed E-state index contributed by atoms with van der Waals surface area (Å²) >= 11 is 7.98. The molecule has 3 fully saturated rings. The Kier molecular flexibility index (Phi) is 8.06. The van der Waals surface area contributed by atoms with Crippen molar-refractivity contribution in [3.63, 3.8) is 0 Å². The highest BCUT2D eigenvalue weighted by Crippen LogP contribution is 2.41. The highest BCUT2D eigenvalue weighted by Gasteiger charge is 2.39. The molecule has 0 radical (unpaired) electrons. The number of thioether (sulfide) groups is 1. The third-order valence-corrected chi connectivity index (χ3v) is 7.76. The van der Waals surface area contributed by atoms with Crippen LogP contribution < -0.4 is 9.47 Å². The molecule has 0 unspecified atom stereocenters. The van der Waals surface area contributed by atoms with Gasteiger partial charge in [0.1, 0.15) is 0 Å². The van der Waals surface area contributed by atoms with Crippen LogP contribution in [-0.2, 0) is 4.79 Å². The van der Waals surface area contributed by atoms with Crippen molar-refractivity contribution in [2.75, 3.05) is 13.7 Å². The van der Waals surface area contributed by atoms with Crippen molar-refractivity contribution in [3.8, 4) is 11.5 Å². The molecule has 174 valence electrons. The van der Waals surface area contributed by atoms with Crippen LogP contribution in [0.25, 0.3) is 6.08 Å². The summed E-state index contributed by atoms with van der Waals surface area (Å²) in [5.74, 6) is 1.18. The number of nitrogens with zero attached hydrogens (tertiary/aromatic N) is 2. The van der Waals surface area contributed by atoms with Gasteiger partial charge in [0.2, 0.25) is 0 Å². The SMILES string of the molecule is CCOc1c(Cl)cc(C=C2SC(=NC3CCCCC3)N(C3CCCCC3)C2=O)cc1OC. The smallest absolute Gasteiger partial charge is 0.266 e. The Balaban J connectivity index is 1.65. The Bertz CT molecular complexity index is 889. The molecular weight excluding hydrogens is 444 g/mol. The number of halogens is 1. The van der Waals surface area contributed by atoms with Crippen LogP contribution in [0.15, 0.2) is 22.0 Å². The van der Waals surface area contributed by atoms with Crippen molar-refractivity contribution in [1.29, 1.82) is 0 Å². The molecule has 0 aromatic heterocycles. The molecule has 1 amide bonds. The highest BCUT2D eigenvalue weighted by atomic mass is 35.5. The Hall–Kier alpha value is -1.66. The zero-order valence-electron chi connectivity index (χ0n) is 19.1. The van der Waals surface area contributed by atoms with Crippen molar-refractivity contribution >= 4 is 40.5 Å². The Morgan fingerprint density at radius 3 is 2.47 bits per heavy atom. The maximum absolute atomic E-state index is 13.5. The molecule has 1 aliphatic heterocycles. The van der Waals surface area contributed by atoms with Crippen LogP contribution in [0, 0.1) is 0 Å². The standard InChI is InChI=1S/C25H33ClN2O3S/c1-3-31-23-20(26)14-17(15-21(23)30-2)16-22-24(29)28(19-12-8-5-9-13-19)25(32-22)27-18-10-6-4-7-11-18/h14-16,18-19H,3-13H2,1-2H3. The summed E-state index contributed by atoms with van der Waals surface area (Å²) in [5, 5.41) is 1.37. The van der Waals surface area contributed by atoms with Gasteiger partial charge in [-0.15, -0.1) is 0 Å². The normalized spacial score (nSPS) is 23.3. The minimum absolute atomic E-state index is 0.0698. The molecule has 2 saturated carbocycles. The minimum atomic E-state index is 0.0698. The number of hydrogen-bond acceptors (Lipinski definition) is 5. The van der Waals surface area contributed by atoms with Gasteiger partial charge in [0.15, 0.2) is 16.7 Å². The maximum Gasteiger partial charge on any atom is 0.266 e. The molecule has 7 heteroatoms. The van der Waals surface area contributed by atoms with E-state index < -0.39 is 0 Å². The fraction of sp³-hybridized carbons (Fsp3) is 0.600. The topological polar surface area (TPSA) is 51.1 Å². The van der Waals surface area contributed by atoms with E-state index >= 15 is 0 Å². The number of aliphatic imine (C=N–C) groups is 1. The predicted molar refractivity (Wildman–Crippen MR) is 133 cm³/mol. The Morgan fingerprint density at radius 1 is 1.12 bits per heavy atom. The number of carbonyl (C=O) groups excluding carboxylic acids is 1. The molecule has 2 aliphatic carbocycles. The molecule has 1 saturated heterocycles. The van der Waals surface area contributed by atoms with E-state index in [-0.39, 0.29) is 11.9 Å². The van der Waals surface area contributed by atoms with E-state index in [4.69, 9.17) is 26.1 Å². The number of amidine groups is 1. The summed E-state index contributed by atoms with van der Waals surface area (Å²) in [7, 11) is 1.60. The third kappa shape index (κ3) is 5.28. The van der Waals surface area contributed by atoms with Gasteiger partial charge in [0.05, 0.1) is 29.7 Å². The molecule has 1 aromatic rings. The molecule has 0 spiro atoms. The van der Waals surface area contributed by atoms with Gasteiger partial charge in [-0.25, -0.2) is 0 Å². The van der Waals surface area contributed by atoms with Crippen molar-refractivity contribution in [3.05, 3.63) is 27.6 Å². The largest absolute Gasteiger partial charge is 0.493 e. The second-order valence-electron chi connectivity index (χ2n) is 8.75. The van der Waals surface area contributed by atoms with Crippen LogP contribution in [-0.4, -0.2) is 41.8 Å². The third-order valence-electron chi connectivity index (χ3n) is 6.48. The molecule has 5 nitrogen and oxygen atoms in total. The summed E-state index contributed by atoms with van der Waals surface area (Å²) in [6.45, 7) is 2.41. The predicted octanol–water partition coefficient (Wildman–Crippen LogP) is 6.69. The second kappa shape index (κ2) is 11.0. The van der Waals surface area contributed by atoms with Gasteiger partial charge in [-0.3, -0.25) is 14.7 Å².